The van der Waals surface area contributed by atoms with Crippen molar-refractivity contribution in [3.63, 3.8) is 0 Å². The molecule has 3 rings (SSSR count). The molecule has 1 aliphatic carbocycles. The Labute approximate surface area is 152 Å². The summed E-state index contributed by atoms with van der Waals surface area (Å²) in [5.41, 5.74) is 0.824. The van der Waals surface area contributed by atoms with Gasteiger partial charge in [-0.3, -0.25) is 0 Å². The molecule has 6 nitrogen and oxygen atoms in total. The van der Waals surface area contributed by atoms with Crippen LogP contribution in [0.1, 0.15) is 38.2 Å². The lowest BCUT2D eigenvalue weighted by Gasteiger charge is -2.32. The van der Waals surface area contributed by atoms with Crippen molar-refractivity contribution in [2.24, 2.45) is 0 Å². The first-order valence-electron chi connectivity index (χ1n) is 8.79. The molecule has 1 saturated heterocycles. The van der Waals surface area contributed by atoms with Crippen LogP contribution in [0.5, 0.6) is 0 Å². The van der Waals surface area contributed by atoms with Gasteiger partial charge in [-0.05, 0) is 50.3 Å². The van der Waals surface area contributed by atoms with Crippen molar-refractivity contribution in [2.45, 2.75) is 44.2 Å². The van der Waals surface area contributed by atoms with Gasteiger partial charge < -0.3 is 20.3 Å². The molecule has 2 aliphatic rings. The Bertz CT molecular complexity index is 623. The van der Waals surface area contributed by atoms with E-state index in [9.17, 15) is 9.59 Å². The van der Waals surface area contributed by atoms with Gasteiger partial charge in [-0.25, -0.2) is 9.59 Å². The Morgan fingerprint density at radius 1 is 1.24 bits per heavy atom. The quantitative estimate of drug-likeness (QED) is 0.860. The zero-order valence-corrected chi connectivity index (χ0v) is 15.1. The monoisotopic (exact) mass is 365 g/mol. The number of hydrogen-bond donors (Lipinski definition) is 2. The Hall–Kier alpha value is -1.95. The highest BCUT2D eigenvalue weighted by Gasteiger charge is 2.45. The number of rotatable bonds is 4. The first-order chi connectivity index (χ1) is 12.0. The lowest BCUT2D eigenvalue weighted by atomic mass is 10.0. The van der Waals surface area contributed by atoms with Gasteiger partial charge in [-0.15, -0.1) is 0 Å². The second-order valence-electron chi connectivity index (χ2n) is 6.65. The highest BCUT2D eigenvalue weighted by Crippen LogP contribution is 2.45. The number of nitrogens with one attached hydrogen (secondary N) is 2. The summed E-state index contributed by atoms with van der Waals surface area (Å²) < 4.78 is 5.01. The van der Waals surface area contributed by atoms with E-state index in [-0.39, 0.29) is 23.7 Å². The van der Waals surface area contributed by atoms with Gasteiger partial charge in [0.2, 0.25) is 0 Å². The van der Waals surface area contributed by atoms with E-state index in [4.69, 9.17) is 16.3 Å². The van der Waals surface area contributed by atoms with E-state index in [1.165, 1.54) is 0 Å². The Balaban J connectivity index is 1.47. The maximum atomic E-state index is 12.4. The third kappa shape index (κ3) is 4.37. The normalized spacial score (nSPS) is 19.2. The lowest BCUT2D eigenvalue weighted by molar-refractivity contribution is 0.0957. The number of urea groups is 1. The summed E-state index contributed by atoms with van der Waals surface area (Å²) in [6.45, 7) is 3.38. The number of likely N-dealkylation sites (tertiary alicyclic amines) is 1. The predicted octanol–water partition coefficient (Wildman–Crippen LogP) is 3.25. The number of carbonyl (C=O) groups excluding carboxylic acids is 2. The number of amides is 3. The van der Waals surface area contributed by atoms with E-state index >= 15 is 0 Å². The third-order valence-electron chi connectivity index (χ3n) is 4.86. The average Bonchev–Trinajstić information content (AvgIpc) is 3.36. The van der Waals surface area contributed by atoms with E-state index in [1.807, 2.05) is 24.3 Å². The van der Waals surface area contributed by atoms with Gasteiger partial charge in [0.05, 0.1) is 12.1 Å². The summed E-state index contributed by atoms with van der Waals surface area (Å²) in [4.78, 5) is 25.8. The number of halogens is 1. The second-order valence-corrected chi connectivity index (χ2v) is 7.08. The molecule has 0 atom stereocenters. The van der Waals surface area contributed by atoms with Crippen molar-refractivity contribution < 1.29 is 14.3 Å². The molecule has 1 aromatic carbocycles. The molecule has 136 valence electrons. The number of carbonyl (C=O) groups is 2. The molecule has 0 radical (unpaired) electrons. The van der Waals surface area contributed by atoms with Crippen molar-refractivity contribution in [2.75, 3.05) is 19.7 Å². The van der Waals surface area contributed by atoms with E-state index in [1.54, 1.807) is 11.8 Å². The molecule has 1 saturated carbocycles. The molecule has 1 aliphatic heterocycles. The Kier molecular flexibility index (Phi) is 5.37. The van der Waals surface area contributed by atoms with Crippen molar-refractivity contribution >= 4 is 23.7 Å². The number of piperidine rings is 1. The van der Waals surface area contributed by atoms with Crippen molar-refractivity contribution in [1.82, 2.24) is 15.5 Å². The van der Waals surface area contributed by atoms with Crippen LogP contribution >= 0.6 is 11.6 Å². The fraction of sp³-hybridized carbons (Fsp3) is 0.556. The van der Waals surface area contributed by atoms with E-state index in [0.29, 0.717) is 24.7 Å². The molecular formula is C18H24ClN3O3. The van der Waals surface area contributed by atoms with Crippen LogP contribution in [0.15, 0.2) is 24.3 Å². The lowest BCUT2D eigenvalue weighted by Crippen LogP contribution is -2.51. The summed E-state index contributed by atoms with van der Waals surface area (Å²) in [7, 11) is 0. The maximum Gasteiger partial charge on any atom is 0.409 e. The third-order valence-corrected chi connectivity index (χ3v) is 5.11. The Morgan fingerprint density at radius 2 is 1.88 bits per heavy atom. The zero-order chi connectivity index (χ0) is 17.9. The van der Waals surface area contributed by atoms with Crippen LogP contribution in [-0.2, 0) is 10.3 Å². The molecule has 0 bridgehead atoms. The average molecular weight is 366 g/mol. The van der Waals surface area contributed by atoms with Gasteiger partial charge in [-0.1, -0.05) is 23.7 Å². The molecular weight excluding hydrogens is 342 g/mol. The molecule has 7 heteroatoms. The smallest absolute Gasteiger partial charge is 0.409 e. The van der Waals surface area contributed by atoms with Gasteiger partial charge in [0.15, 0.2) is 0 Å². The summed E-state index contributed by atoms with van der Waals surface area (Å²) in [5, 5.41) is 6.83. The highest BCUT2D eigenvalue weighted by molar-refractivity contribution is 6.30. The van der Waals surface area contributed by atoms with Crippen LogP contribution in [-0.4, -0.2) is 42.8 Å². The van der Waals surface area contributed by atoms with Crippen LogP contribution in [0.4, 0.5) is 9.59 Å². The van der Waals surface area contributed by atoms with Crippen molar-refractivity contribution in [3.05, 3.63) is 34.9 Å². The fourth-order valence-electron chi connectivity index (χ4n) is 3.24. The first-order valence-corrected chi connectivity index (χ1v) is 9.16. The minimum Gasteiger partial charge on any atom is -0.450 e. The molecule has 0 unspecified atom stereocenters. The van der Waals surface area contributed by atoms with Crippen LogP contribution in [0.3, 0.4) is 0 Å². The molecule has 1 aromatic rings. The highest BCUT2D eigenvalue weighted by atomic mass is 35.5. The minimum atomic E-state index is -0.273. The van der Waals surface area contributed by atoms with Crippen LogP contribution in [0.25, 0.3) is 0 Å². The summed E-state index contributed by atoms with van der Waals surface area (Å²) >= 11 is 5.93. The van der Waals surface area contributed by atoms with Gasteiger partial charge in [0.25, 0.3) is 0 Å². The molecule has 2 N–H and O–H groups in total. The Morgan fingerprint density at radius 3 is 2.44 bits per heavy atom. The molecule has 3 amide bonds. The van der Waals surface area contributed by atoms with Crippen molar-refractivity contribution in [1.29, 1.82) is 0 Å². The SMILES string of the molecule is CCOC(=O)N1CCC(NC(=O)NC2(c3ccc(Cl)cc3)CC2)CC1. The van der Waals surface area contributed by atoms with E-state index in [2.05, 4.69) is 10.6 Å². The molecule has 2 fully saturated rings. The molecule has 0 aromatic heterocycles. The van der Waals surface area contributed by atoms with E-state index in [0.717, 1.165) is 31.2 Å². The molecule has 0 spiro atoms. The minimum absolute atomic E-state index is 0.0756. The number of hydrogen-bond acceptors (Lipinski definition) is 3. The van der Waals surface area contributed by atoms with Crippen molar-refractivity contribution in [3.8, 4) is 0 Å². The predicted molar refractivity (Wildman–Crippen MR) is 95.6 cm³/mol. The first kappa shape index (κ1) is 17.9. The van der Waals surface area contributed by atoms with Gasteiger partial charge in [0.1, 0.15) is 0 Å². The van der Waals surface area contributed by atoms with Gasteiger partial charge in [0, 0.05) is 24.2 Å². The van der Waals surface area contributed by atoms with Crippen LogP contribution in [0.2, 0.25) is 5.02 Å². The zero-order valence-electron chi connectivity index (χ0n) is 14.4. The second kappa shape index (κ2) is 7.52. The van der Waals surface area contributed by atoms with Crippen LogP contribution in [0, 0.1) is 0 Å². The molecule has 25 heavy (non-hydrogen) atoms. The van der Waals surface area contributed by atoms with Gasteiger partial charge in [-0.2, -0.15) is 0 Å². The van der Waals surface area contributed by atoms with E-state index < -0.39 is 0 Å². The number of benzene rings is 1. The fourth-order valence-corrected chi connectivity index (χ4v) is 3.37. The number of nitrogens with zero attached hydrogens (tertiary/aromatic N) is 1. The summed E-state index contributed by atoms with van der Waals surface area (Å²) in [5.74, 6) is 0. The summed E-state index contributed by atoms with van der Waals surface area (Å²) in [6.07, 6.45) is 3.07. The van der Waals surface area contributed by atoms with Gasteiger partial charge >= 0.3 is 12.1 Å². The number of ether oxygens (including phenoxy) is 1. The summed E-state index contributed by atoms with van der Waals surface area (Å²) in [6, 6.07) is 7.55. The largest absolute Gasteiger partial charge is 0.450 e. The maximum absolute atomic E-state index is 12.4. The topological polar surface area (TPSA) is 70.7 Å². The standard InChI is InChI=1S/C18H24ClN3O3/c1-2-25-17(24)22-11-7-15(8-12-22)20-16(23)21-18(9-10-18)13-3-5-14(19)6-4-13/h3-6,15H,2,7-12H2,1H3,(H2,20,21,23). The van der Waals surface area contributed by atoms with Crippen LogP contribution < -0.4 is 10.6 Å². The molecule has 1 heterocycles.